The summed E-state index contributed by atoms with van der Waals surface area (Å²) in [7, 11) is 1.76. The normalized spacial score (nSPS) is 30.7. The van der Waals surface area contributed by atoms with Crippen LogP contribution >= 0.6 is 0 Å². The van der Waals surface area contributed by atoms with Crippen molar-refractivity contribution in [3.05, 3.63) is 35.6 Å². The number of likely N-dealkylation sites (tertiary alicyclic amines) is 1. The first-order valence-corrected chi connectivity index (χ1v) is 6.75. The van der Waals surface area contributed by atoms with Crippen molar-refractivity contribution in [2.75, 3.05) is 40.0 Å². The second-order valence-electron chi connectivity index (χ2n) is 5.80. The second kappa shape index (κ2) is 5.19. The molecule has 1 aromatic rings. The van der Waals surface area contributed by atoms with Crippen LogP contribution in [-0.2, 0) is 16.0 Å². The van der Waals surface area contributed by atoms with E-state index < -0.39 is 0 Å². The molecule has 0 radical (unpaired) electrons. The fourth-order valence-corrected chi connectivity index (χ4v) is 3.40. The summed E-state index contributed by atoms with van der Waals surface area (Å²) in [5.41, 5.74) is 1.32. The molecule has 1 aromatic carbocycles. The molecular weight excluding hydrogens is 245 g/mol. The maximum absolute atomic E-state index is 12.9. The third-order valence-electron chi connectivity index (χ3n) is 4.34. The standard InChI is InChI=1S/C15H20FNO2/c1-18-10-15-9-17(7-13(15)8-19-11-15)6-12-2-4-14(16)5-3-12/h2-5,13H,6-11H2,1H3/t13-,15-/m0/s1. The van der Waals surface area contributed by atoms with Crippen LogP contribution in [0.3, 0.4) is 0 Å². The monoisotopic (exact) mass is 265 g/mol. The van der Waals surface area contributed by atoms with Crippen LogP contribution in [0.25, 0.3) is 0 Å². The summed E-state index contributed by atoms with van der Waals surface area (Å²) in [6.07, 6.45) is 0. The minimum Gasteiger partial charge on any atom is -0.384 e. The minimum absolute atomic E-state index is 0.161. The molecule has 0 bridgehead atoms. The molecule has 2 aliphatic rings. The predicted octanol–water partition coefficient (Wildman–Crippen LogP) is 1.92. The van der Waals surface area contributed by atoms with Crippen LogP contribution in [0.5, 0.6) is 0 Å². The molecule has 3 rings (SSSR count). The van der Waals surface area contributed by atoms with Gasteiger partial charge in [0.15, 0.2) is 0 Å². The quantitative estimate of drug-likeness (QED) is 0.830. The zero-order chi connectivity index (χ0) is 13.3. The molecule has 0 unspecified atom stereocenters. The van der Waals surface area contributed by atoms with Crippen molar-refractivity contribution in [1.82, 2.24) is 4.90 Å². The average molecular weight is 265 g/mol. The van der Waals surface area contributed by atoms with Crippen LogP contribution in [0, 0.1) is 17.2 Å². The van der Waals surface area contributed by atoms with Crippen LogP contribution in [0.15, 0.2) is 24.3 Å². The Morgan fingerprint density at radius 2 is 2.21 bits per heavy atom. The van der Waals surface area contributed by atoms with Gasteiger partial charge in [0.1, 0.15) is 5.82 Å². The molecule has 0 saturated carbocycles. The zero-order valence-electron chi connectivity index (χ0n) is 11.3. The first kappa shape index (κ1) is 13.0. The topological polar surface area (TPSA) is 21.7 Å². The van der Waals surface area contributed by atoms with Crippen molar-refractivity contribution in [2.45, 2.75) is 6.54 Å². The molecule has 4 heteroatoms. The highest BCUT2D eigenvalue weighted by molar-refractivity contribution is 5.16. The van der Waals surface area contributed by atoms with Crippen LogP contribution in [0.2, 0.25) is 0 Å². The maximum Gasteiger partial charge on any atom is 0.123 e. The van der Waals surface area contributed by atoms with Gasteiger partial charge in [-0.15, -0.1) is 0 Å². The van der Waals surface area contributed by atoms with Gasteiger partial charge in [0.05, 0.1) is 19.8 Å². The number of halogens is 1. The van der Waals surface area contributed by atoms with Crippen LogP contribution in [-0.4, -0.2) is 44.9 Å². The van der Waals surface area contributed by atoms with Gasteiger partial charge >= 0.3 is 0 Å². The van der Waals surface area contributed by atoms with E-state index >= 15 is 0 Å². The Labute approximate surface area is 113 Å². The van der Waals surface area contributed by atoms with Gasteiger partial charge in [0, 0.05) is 38.1 Å². The first-order valence-electron chi connectivity index (χ1n) is 6.75. The van der Waals surface area contributed by atoms with Crippen molar-refractivity contribution in [3.8, 4) is 0 Å². The Morgan fingerprint density at radius 3 is 2.95 bits per heavy atom. The van der Waals surface area contributed by atoms with Gasteiger partial charge in [-0.2, -0.15) is 0 Å². The molecule has 0 aliphatic carbocycles. The number of hydrogen-bond acceptors (Lipinski definition) is 3. The molecule has 0 spiro atoms. The third kappa shape index (κ3) is 2.53. The maximum atomic E-state index is 12.9. The van der Waals surface area contributed by atoms with E-state index in [0.29, 0.717) is 5.92 Å². The predicted molar refractivity (Wildman–Crippen MR) is 70.3 cm³/mol. The Morgan fingerprint density at radius 1 is 1.42 bits per heavy atom. The molecule has 0 amide bonds. The highest BCUT2D eigenvalue weighted by atomic mass is 19.1. The Balaban J connectivity index is 1.67. The summed E-state index contributed by atoms with van der Waals surface area (Å²) in [5.74, 6) is 0.388. The largest absolute Gasteiger partial charge is 0.384 e. The number of methoxy groups -OCH3 is 1. The zero-order valence-corrected chi connectivity index (χ0v) is 11.3. The number of fused-ring (bicyclic) bond motifs is 1. The van der Waals surface area contributed by atoms with E-state index in [2.05, 4.69) is 4.90 Å². The Kier molecular flexibility index (Phi) is 3.56. The third-order valence-corrected chi connectivity index (χ3v) is 4.34. The first-order chi connectivity index (χ1) is 9.22. The molecule has 2 aliphatic heterocycles. The van der Waals surface area contributed by atoms with E-state index in [1.54, 1.807) is 7.11 Å². The van der Waals surface area contributed by atoms with Crippen LogP contribution in [0.1, 0.15) is 5.56 Å². The molecule has 2 heterocycles. The summed E-state index contributed by atoms with van der Waals surface area (Å²) in [5, 5.41) is 0. The lowest BCUT2D eigenvalue weighted by Crippen LogP contribution is -2.35. The number of ether oxygens (including phenoxy) is 2. The fourth-order valence-electron chi connectivity index (χ4n) is 3.40. The van der Waals surface area contributed by atoms with Gasteiger partial charge in [-0.1, -0.05) is 12.1 Å². The number of hydrogen-bond donors (Lipinski definition) is 0. The van der Waals surface area contributed by atoms with Crippen molar-refractivity contribution in [2.24, 2.45) is 11.3 Å². The summed E-state index contributed by atoms with van der Waals surface area (Å²) in [6, 6.07) is 6.78. The lowest BCUT2D eigenvalue weighted by Gasteiger charge is -2.26. The summed E-state index contributed by atoms with van der Waals surface area (Å²) >= 11 is 0. The minimum atomic E-state index is -0.175. The van der Waals surface area contributed by atoms with E-state index in [1.165, 1.54) is 12.1 Å². The SMILES string of the molecule is COC[C@@]12COC[C@@H]1CN(Cc1ccc(F)cc1)C2. The molecule has 2 atom stereocenters. The van der Waals surface area contributed by atoms with Gasteiger partial charge in [-0.3, -0.25) is 4.90 Å². The summed E-state index contributed by atoms with van der Waals surface area (Å²) < 4.78 is 23.9. The molecule has 0 aromatic heterocycles. The summed E-state index contributed by atoms with van der Waals surface area (Å²) in [4.78, 5) is 2.43. The van der Waals surface area contributed by atoms with Gasteiger partial charge in [-0.05, 0) is 17.7 Å². The molecule has 104 valence electrons. The summed E-state index contributed by atoms with van der Waals surface area (Å²) in [6.45, 7) is 5.32. The van der Waals surface area contributed by atoms with Crippen LogP contribution in [0.4, 0.5) is 4.39 Å². The van der Waals surface area contributed by atoms with Crippen molar-refractivity contribution in [1.29, 1.82) is 0 Å². The molecule has 19 heavy (non-hydrogen) atoms. The van der Waals surface area contributed by atoms with E-state index in [1.807, 2.05) is 12.1 Å². The lowest BCUT2D eigenvalue weighted by atomic mass is 9.82. The van der Waals surface area contributed by atoms with Crippen molar-refractivity contribution >= 4 is 0 Å². The molecule has 2 fully saturated rings. The second-order valence-corrected chi connectivity index (χ2v) is 5.80. The number of benzene rings is 1. The molecular formula is C15H20FNO2. The Bertz CT molecular complexity index is 436. The van der Waals surface area contributed by atoms with Crippen molar-refractivity contribution < 1.29 is 13.9 Å². The lowest BCUT2D eigenvalue weighted by molar-refractivity contribution is 0.0533. The highest BCUT2D eigenvalue weighted by Gasteiger charge is 2.50. The number of rotatable bonds is 4. The van der Waals surface area contributed by atoms with E-state index in [-0.39, 0.29) is 11.2 Å². The van der Waals surface area contributed by atoms with Gasteiger partial charge in [0.2, 0.25) is 0 Å². The van der Waals surface area contributed by atoms with Gasteiger partial charge in [0.25, 0.3) is 0 Å². The van der Waals surface area contributed by atoms with E-state index in [4.69, 9.17) is 9.47 Å². The fraction of sp³-hybridized carbons (Fsp3) is 0.600. The molecule has 2 saturated heterocycles. The van der Waals surface area contributed by atoms with Crippen molar-refractivity contribution in [3.63, 3.8) is 0 Å². The Hall–Kier alpha value is -0.970. The van der Waals surface area contributed by atoms with Crippen LogP contribution < -0.4 is 0 Å². The van der Waals surface area contributed by atoms with E-state index in [0.717, 1.165) is 45.0 Å². The smallest absolute Gasteiger partial charge is 0.123 e. The van der Waals surface area contributed by atoms with E-state index in [9.17, 15) is 4.39 Å². The average Bonchev–Trinajstić information content (AvgIpc) is 2.89. The molecule has 0 N–H and O–H groups in total. The van der Waals surface area contributed by atoms with Gasteiger partial charge in [-0.25, -0.2) is 4.39 Å². The number of nitrogens with zero attached hydrogens (tertiary/aromatic N) is 1. The molecule has 3 nitrogen and oxygen atoms in total. The van der Waals surface area contributed by atoms with Gasteiger partial charge < -0.3 is 9.47 Å². The highest BCUT2D eigenvalue weighted by Crippen LogP contribution is 2.41.